The summed E-state index contributed by atoms with van der Waals surface area (Å²) in [6.07, 6.45) is 0. The van der Waals surface area contributed by atoms with Gasteiger partial charge in [-0.1, -0.05) is 83.5 Å². The zero-order valence-corrected chi connectivity index (χ0v) is 18.0. The molecule has 1 heterocycles. The number of thioether (sulfide) groups is 1. The molecule has 1 aromatic heterocycles. The predicted molar refractivity (Wildman–Crippen MR) is 123 cm³/mol. The molecule has 4 rings (SSSR count). The monoisotopic (exact) mass is 454 g/mol. The molecule has 3 aromatic carbocycles. The second kappa shape index (κ2) is 9.34. The van der Waals surface area contributed by atoms with Gasteiger partial charge in [0.15, 0.2) is 5.82 Å². The average molecular weight is 455 g/mol. The number of halogens is 2. The first-order valence-electron chi connectivity index (χ1n) is 9.05. The number of benzene rings is 3. The molecule has 0 unspecified atom stereocenters. The summed E-state index contributed by atoms with van der Waals surface area (Å²) in [7, 11) is 0. The topological polar surface area (TPSA) is 59.8 Å². The second-order valence-electron chi connectivity index (χ2n) is 6.33. The van der Waals surface area contributed by atoms with Gasteiger partial charge < -0.3 is 5.32 Å². The number of rotatable bonds is 6. The minimum atomic E-state index is -0.198. The fraction of sp³-hybridized carbons (Fsp3) is 0.0455. The largest absolute Gasteiger partial charge is 0.325 e. The third-order valence-electron chi connectivity index (χ3n) is 4.10. The second-order valence-corrected chi connectivity index (χ2v) is 8.14. The molecule has 0 atom stereocenters. The van der Waals surface area contributed by atoms with Crippen molar-refractivity contribution in [3.8, 4) is 17.1 Å². The van der Waals surface area contributed by atoms with Gasteiger partial charge in [0.05, 0.1) is 11.4 Å². The summed E-state index contributed by atoms with van der Waals surface area (Å²) in [6.45, 7) is 0. The van der Waals surface area contributed by atoms with Crippen molar-refractivity contribution in [3.63, 3.8) is 0 Å². The summed E-state index contributed by atoms with van der Waals surface area (Å²) < 4.78 is 1.78. The normalized spacial score (nSPS) is 10.7. The molecular weight excluding hydrogens is 439 g/mol. The highest BCUT2D eigenvalue weighted by Gasteiger charge is 2.15. The zero-order valence-electron chi connectivity index (χ0n) is 15.6. The van der Waals surface area contributed by atoms with Crippen molar-refractivity contribution in [2.24, 2.45) is 0 Å². The summed E-state index contributed by atoms with van der Waals surface area (Å²) in [5.41, 5.74) is 2.39. The molecular formula is C22H16Cl2N4OS. The van der Waals surface area contributed by atoms with Crippen LogP contribution < -0.4 is 5.32 Å². The van der Waals surface area contributed by atoms with Gasteiger partial charge in [0.2, 0.25) is 11.1 Å². The zero-order chi connectivity index (χ0) is 20.9. The highest BCUT2D eigenvalue weighted by Crippen LogP contribution is 2.26. The van der Waals surface area contributed by atoms with Crippen LogP contribution in [0.4, 0.5) is 5.69 Å². The summed E-state index contributed by atoms with van der Waals surface area (Å²) >= 11 is 13.2. The smallest absolute Gasteiger partial charge is 0.234 e. The first-order chi connectivity index (χ1) is 14.6. The van der Waals surface area contributed by atoms with E-state index in [1.807, 2.05) is 60.7 Å². The Bertz CT molecular complexity index is 1090. The van der Waals surface area contributed by atoms with Gasteiger partial charge >= 0.3 is 0 Å². The van der Waals surface area contributed by atoms with Gasteiger partial charge in [0, 0.05) is 21.3 Å². The molecule has 0 radical (unpaired) electrons. The van der Waals surface area contributed by atoms with Crippen molar-refractivity contribution in [3.05, 3.63) is 88.9 Å². The van der Waals surface area contributed by atoms with E-state index in [2.05, 4.69) is 15.4 Å². The molecule has 150 valence electrons. The van der Waals surface area contributed by atoms with E-state index >= 15 is 0 Å². The first-order valence-corrected chi connectivity index (χ1v) is 10.8. The summed E-state index contributed by atoms with van der Waals surface area (Å²) in [4.78, 5) is 17.0. The highest BCUT2D eigenvalue weighted by molar-refractivity contribution is 7.99. The SMILES string of the molecule is O=C(CSc1nc(-c2ccccc2)n(-c2ccccc2)n1)Nc1cc(Cl)cc(Cl)c1. The van der Waals surface area contributed by atoms with Crippen molar-refractivity contribution in [1.29, 1.82) is 0 Å². The average Bonchev–Trinajstić information content (AvgIpc) is 3.17. The van der Waals surface area contributed by atoms with Crippen LogP contribution in [0.25, 0.3) is 17.1 Å². The number of para-hydroxylation sites is 1. The lowest BCUT2D eigenvalue weighted by Crippen LogP contribution is -2.14. The number of anilines is 1. The Morgan fingerprint density at radius 1 is 0.933 bits per heavy atom. The van der Waals surface area contributed by atoms with Crippen LogP contribution in [0.15, 0.2) is 84.0 Å². The Morgan fingerprint density at radius 3 is 2.23 bits per heavy atom. The maximum absolute atomic E-state index is 12.4. The summed E-state index contributed by atoms with van der Waals surface area (Å²) in [5, 5.41) is 8.83. The van der Waals surface area contributed by atoms with Gasteiger partial charge in [-0.05, 0) is 30.3 Å². The van der Waals surface area contributed by atoms with Crippen LogP contribution in [0.1, 0.15) is 0 Å². The maximum atomic E-state index is 12.4. The van der Waals surface area contributed by atoms with Crippen LogP contribution in [0.2, 0.25) is 10.0 Å². The van der Waals surface area contributed by atoms with Crippen LogP contribution in [-0.2, 0) is 4.79 Å². The van der Waals surface area contributed by atoms with Gasteiger partial charge in [-0.15, -0.1) is 5.10 Å². The van der Waals surface area contributed by atoms with Gasteiger partial charge in [-0.2, -0.15) is 0 Å². The van der Waals surface area contributed by atoms with E-state index in [0.717, 1.165) is 11.3 Å². The third kappa shape index (κ3) is 5.02. The molecule has 0 bridgehead atoms. The Morgan fingerprint density at radius 2 is 1.57 bits per heavy atom. The highest BCUT2D eigenvalue weighted by atomic mass is 35.5. The molecule has 0 aliphatic heterocycles. The van der Waals surface area contributed by atoms with Crippen LogP contribution >= 0.6 is 35.0 Å². The predicted octanol–water partition coefficient (Wildman–Crippen LogP) is 5.97. The first kappa shape index (κ1) is 20.5. The number of carbonyl (C=O) groups excluding carboxylic acids is 1. The van der Waals surface area contributed by atoms with Gasteiger partial charge in [-0.3, -0.25) is 4.79 Å². The number of carbonyl (C=O) groups is 1. The number of nitrogens with one attached hydrogen (secondary N) is 1. The fourth-order valence-electron chi connectivity index (χ4n) is 2.83. The van der Waals surface area contributed by atoms with E-state index in [1.165, 1.54) is 11.8 Å². The molecule has 0 aliphatic carbocycles. The number of hydrogen-bond donors (Lipinski definition) is 1. The lowest BCUT2D eigenvalue weighted by atomic mass is 10.2. The van der Waals surface area contributed by atoms with E-state index < -0.39 is 0 Å². The molecule has 30 heavy (non-hydrogen) atoms. The molecule has 0 saturated carbocycles. The minimum Gasteiger partial charge on any atom is -0.325 e. The quantitative estimate of drug-likeness (QED) is 0.364. The van der Waals surface area contributed by atoms with Crippen molar-refractivity contribution in [2.45, 2.75) is 5.16 Å². The van der Waals surface area contributed by atoms with Crippen molar-refractivity contribution in [1.82, 2.24) is 14.8 Å². The van der Waals surface area contributed by atoms with Crippen LogP contribution in [-0.4, -0.2) is 26.4 Å². The van der Waals surface area contributed by atoms with Gasteiger partial charge in [-0.25, -0.2) is 9.67 Å². The van der Waals surface area contributed by atoms with Crippen LogP contribution in [0.5, 0.6) is 0 Å². The molecule has 1 N–H and O–H groups in total. The van der Waals surface area contributed by atoms with E-state index in [-0.39, 0.29) is 11.7 Å². The Hall–Kier alpha value is -2.80. The van der Waals surface area contributed by atoms with Crippen LogP contribution in [0, 0.1) is 0 Å². The number of nitrogens with zero attached hydrogens (tertiary/aromatic N) is 3. The molecule has 8 heteroatoms. The molecule has 0 spiro atoms. The third-order valence-corrected chi connectivity index (χ3v) is 5.37. The van der Waals surface area contributed by atoms with E-state index in [4.69, 9.17) is 23.2 Å². The Kier molecular flexibility index (Phi) is 6.38. The van der Waals surface area contributed by atoms with Crippen molar-refractivity contribution >= 4 is 46.6 Å². The molecule has 0 aliphatic rings. The number of aromatic nitrogens is 3. The molecule has 1 amide bonds. The fourth-order valence-corrected chi connectivity index (χ4v) is 3.98. The van der Waals surface area contributed by atoms with E-state index in [0.29, 0.717) is 26.7 Å². The number of hydrogen-bond acceptors (Lipinski definition) is 4. The van der Waals surface area contributed by atoms with E-state index in [1.54, 1.807) is 22.9 Å². The van der Waals surface area contributed by atoms with Gasteiger partial charge in [0.25, 0.3) is 0 Å². The Balaban J connectivity index is 1.53. The summed E-state index contributed by atoms with van der Waals surface area (Å²) in [5.74, 6) is 0.666. The van der Waals surface area contributed by atoms with E-state index in [9.17, 15) is 4.79 Å². The number of amides is 1. The van der Waals surface area contributed by atoms with Gasteiger partial charge in [0.1, 0.15) is 0 Å². The lowest BCUT2D eigenvalue weighted by Gasteiger charge is -2.05. The standard InChI is InChI=1S/C22H16Cl2N4OS/c23-16-11-17(24)13-18(12-16)25-20(29)14-30-22-26-21(15-7-3-1-4-8-15)28(27-22)19-9-5-2-6-10-19/h1-13H,14H2,(H,25,29). The summed E-state index contributed by atoms with van der Waals surface area (Å²) in [6, 6.07) is 24.5. The van der Waals surface area contributed by atoms with Crippen LogP contribution in [0.3, 0.4) is 0 Å². The molecule has 0 saturated heterocycles. The molecule has 5 nitrogen and oxygen atoms in total. The minimum absolute atomic E-state index is 0.150. The Labute approximate surface area is 188 Å². The molecule has 4 aromatic rings. The lowest BCUT2D eigenvalue weighted by molar-refractivity contribution is -0.113. The van der Waals surface area contributed by atoms with Crippen molar-refractivity contribution < 1.29 is 4.79 Å². The van der Waals surface area contributed by atoms with Crippen molar-refractivity contribution in [2.75, 3.05) is 11.1 Å². The molecule has 0 fully saturated rings. The maximum Gasteiger partial charge on any atom is 0.234 e.